The van der Waals surface area contributed by atoms with Crippen molar-refractivity contribution in [1.29, 1.82) is 0 Å². The Morgan fingerprint density at radius 1 is 0.373 bits per heavy atom. The molecule has 0 fully saturated rings. The number of aromatic nitrogens is 16. The van der Waals surface area contributed by atoms with Gasteiger partial charge in [-0.05, 0) is 133 Å². The van der Waals surface area contributed by atoms with Crippen LogP contribution in [0.2, 0.25) is 30.1 Å². The number of para-hydroxylation sites is 4. The fourth-order valence-electron chi connectivity index (χ4n) is 11.5. The summed E-state index contributed by atoms with van der Waals surface area (Å²) in [6, 6.07) is 63.1. The van der Waals surface area contributed by atoms with Crippen molar-refractivity contribution in [3.05, 3.63) is 281 Å². The standard InChI is InChI=1S/C21H16Cl2N4O2S.C21H17ClN4O3S.C21H17ClN4O3.C20H14Cl2N4O2S/c1-3-29-21(28)17-16(23)18(27(26-17)15-10-5-4-9-14(15)22)20-25-24-19(30-20)13-8-6-7-12(2)11-13;1-13-6-5-7-14(10-13)19-23-24-20(29-19)18-11-16(21(27)28-12-30-2)25-26(18)17-9-4-3-8-15(17)22;1-3-28-21(27)16-12-18(26(25-16)17-10-5-4-9-15(17)22)20-24-23-19(29-20)14-8-6-7-13(2)11-14;1-11-6-5-7-12(10-11)18-23-24-19(29-18)17-15(22)16(20(27)28-2)25-26(17)14-9-4-3-8-13(14)21/h4-11H,3H2,1-2H3;3-11H,12H2,1-2H3;4-12H,3H2,1-2H3;3-10H,1-2H3. The predicted molar refractivity (Wildman–Crippen MR) is 456 cm³/mol. The second-order valence-corrected chi connectivity index (χ2v) is 30.4. The van der Waals surface area contributed by atoms with E-state index in [1.165, 1.54) is 60.3 Å². The van der Waals surface area contributed by atoms with Gasteiger partial charge < -0.3 is 27.8 Å². The first-order chi connectivity index (χ1) is 57.1. The number of carbonyl (C=O) groups is 4. The maximum atomic E-state index is 12.4. The molecule has 16 aromatic rings. The minimum absolute atomic E-state index is 0.000687. The van der Waals surface area contributed by atoms with Crippen molar-refractivity contribution in [2.24, 2.45) is 0 Å². The average Bonchev–Trinajstić information content (AvgIpc) is 1.63. The molecule has 8 aromatic heterocycles. The fraction of sp³-hybridized carbons (Fsp3) is 0.133. The number of thioether (sulfide) groups is 1. The van der Waals surface area contributed by atoms with Crippen LogP contribution < -0.4 is 0 Å². The molecule has 8 aromatic carbocycles. The second kappa shape index (κ2) is 38.4. The lowest BCUT2D eigenvalue weighted by Gasteiger charge is -2.07. The Bertz CT molecular complexity index is 6350. The van der Waals surface area contributed by atoms with Gasteiger partial charge in [-0.15, -0.1) is 52.6 Å². The number of halogens is 6. The average molecular weight is 1750 g/mol. The number of aryl methyl sites for hydroxylation is 4. The fourth-order valence-corrected chi connectivity index (χ4v) is 15.0. The molecule has 596 valence electrons. The van der Waals surface area contributed by atoms with Gasteiger partial charge in [0.05, 0.1) is 63.2 Å². The molecule has 118 heavy (non-hydrogen) atoms. The number of nitrogens with zero attached hydrogens (tertiary/aromatic N) is 16. The molecule has 16 rings (SSSR count). The van der Waals surface area contributed by atoms with E-state index in [2.05, 4.69) is 61.2 Å². The van der Waals surface area contributed by atoms with Crippen LogP contribution in [0.5, 0.6) is 0 Å². The number of benzene rings is 8. The van der Waals surface area contributed by atoms with Gasteiger partial charge in [-0.2, -0.15) is 20.4 Å². The van der Waals surface area contributed by atoms with Gasteiger partial charge in [0.25, 0.3) is 11.8 Å². The molecule has 35 heteroatoms. The molecule has 0 spiro atoms. The largest absolute Gasteiger partial charge is 0.464 e. The lowest BCUT2D eigenvalue weighted by molar-refractivity contribution is 0.0509. The van der Waals surface area contributed by atoms with E-state index in [9.17, 15) is 19.2 Å². The number of hydrogen-bond acceptors (Lipinski definition) is 25. The van der Waals surface area contributed by atoms with E-state index in [0.717, 1.165) is 54.5 Å². The Kier molecular flexibility index (Phi) is 27.3. The summed E-state index contributed by atoms with van der Waals surface area (Å²) >= 11 is 42.7. The zero-order valence-corrected chi connectivity index (χ0v) is 70.5. The van der Waals surface area contributed by atoms with Crippen molar-refractivity contribution < 1.29 is 47.0 Å². The van der Waals surface area contributed by atoms with Gasteiger partial charge in [0, 0.05) is 34.4 Å². The minimum atomic E-state index is -0.648. The van der Waals surface area contributed by atoms with Crippen LogP contribution in [0.25, 0.3) is 111 Å². The molecule has 0 radical (unpaired) electrons. The summed E-state index contributed by atoms with van der Waals surface area (Å²) in [6.45, 7) is 11.9. The van der Waals surface area contributed by atoms with Crippen LogP contribution in [0.15, 0.2) is 215 Å². The minimum Gasteiger partial charge on any atom is -0.464 e. The molecule has 0 saturated carbocycles. The molecule has 0 saturated heterocycles. The molecule has 0 N–H and O–H groups in total. The predicted octanol–water partition coefficient (Wildman–Crippen LogP) is 21.1. The third kappa shape index (κ3) is 19.1. The first-order valence-corrected chi connectivity index (χ1v) is 40.9. The van der Waals surface area contributed by atoms with Gasteiger partial charge in [0.2, 0.25) is 11.8 Å². The zero-order chi connectivity index (χ0) is 83.3. The Morgan fingerprint density at radius 3 is 1.07 bits per heavy atom. The zero-order valence-electron chi connectivity index (χ0n) is 63.5. The van der Waals surface area contributed by atoms with Gasteiger partial charge in [0.1, 0.15) is 48.8 Å². The Labute approximate surface area is 716 Å². The van der Waals surface area contributed by atoms with Gasteiger partial charge in [-0.3, -0.25) is 0 Å². The molecular formula is C83H64Cl6N16O10S3. The van der Waals surface area contributed by atoms with Crippen molar-refractivity contribution in [1.82, 2.24) is 79.9 Å². The number of esters is 4. The van der Waals surface area contributed by atoms with E-state index < -0.39 is 23.9 Å². The van der Waals surface area contributed by atoms with Gasteiger partial charge >= 0.3 is 23.9 Å². The summed E-state index contributed by atoms with van der Waals surface area (Å²) in [5, 5.41) is 55.9. The molecule has 0 amide bonds. The van der Waals surface area contributed by atoms with E-state index in [1.807, 2.05) is 173 Å². The highest BCUT2D eigenvalue weighted by Gasteiger charge is 2.31. The van der Waals surface area contributed by atoms with Crippen LogP contribution in [-0.4, -0.2) is 136 Å². The topological polar surface area (TPSA) is 306 Å². The van der Waals surface area contributed by atoms with Crippen molar-refractivity contribution >= 4 is 128 Å². The van der Waals surface area contributed by atoms with Gasteiger partial charge in [0.15, 0.2) is 32.8 Å². The summed E-state index contributed by atoms with van der Waals surface area (Å²) in [6.07, 6.45) is 1.84. The first kappa shape index (κ1) is 83.9. The number of rotatable bonds is 20. The maximum absolute atomic E-state index is 12.4. The molecule has 8 heterocycles. The van der Waals surface area contributed by atoms with E-state index in [4.69, 9.17) is 97.4 Å². The van der Waals surface area contributed by atoms with Crippen LogP contribution in [0, 0.1) is 27.7 Å². The summed E-state index contributed by atoms with van der Waals surface area (Å²) < 4.78 is 38.0. The maximum Gasteiger partial charge on any atom is 0.360 e. The summed E-state index contributed by atoms with van der Waals surface area (Å²) in [5.74, 6) is -0.963. The lowest BCUT2D eigenvalue weighted by atomic mass is 10.1. The smallest absolute Gasteiger partial charge is 0.360 e. The second-order valence-electron chi connectivity index (χ2n) is 25.2. The highest BCUT2D eigenvalue weighted by Crippen LogP contribution is 2.42. The van der Waals surface area contributed by atoms with E-state index >= 15 is 0 Å². The summed E-state index contributed by atoms with van der Waals surface area (Å²) in [7, 11) is 1.27. The third-order valence-electron chi connectivity index (χ3n) is 16.8. The normalized spacial score (nSPS) is 10.9. The highest BCUT2D eigenvalue weighted by atomic mass is 35.5. The molecule has 0 aliphatic rings. The SMILES string of the molecule is CCOC(=O)c1cc(-c2nnc(-c3cccc(C)c3)o2)n(-c2ccccc2Cl)n1.CCOC(=O)c1nn(-c2ccccc2Cl)c(-c2nnc(-c3cccc(C)c3)s2)c1Cl.COC(=O)c1nn(-c2ccccc2Cl)c(-c2nnc(-c3cccc(C)c3)s2)c1Cl.CSCOC(=O)c1cc(-c2nnc(-c3cccc(C)c3)o2)n(-c2ccccc2Cl)n1. The Balaban J connectivity index is 0.000000136. The van der Waals surface area contributed by atoms with Gasteiger partial charge in [-0.1, -0.05) is 224 Å². The van der Waals surface area contributed by atoms with E-state index in [0.29, 0.717) is 87.4 Å². The molecule has 0 bridgehead atoms. The number of carbonyl (C=O) groups excluding carboxylic acids is 4. The van der Waals surface area contributed by atoms with Gasteiger partial charge in [-0.25, -0.2) is 37.9 Å². The number of ether oxygens (including phenoxy) is 4. The molecule has 0 unspecified atom stereocenters. The summed E-state index contributed by atoms with van der Waals surface area (Å²) in [5.41, 5.74) is 12.1. The van der Waals surface area contributed by atoms with Crippen LogP contribution in [0.1, 0.15) is 78.1 Å². The molecule has 26 nitrogen and oxygen atoms in total. The van der Waals surface area contributed by atoms with Crippen molar-refractivity contribution in [3.63, 3.8) is 0 Å². The van der Waals surface area contributed by atoms with Crippen molar-refractivity contribution in [2.45, 2.75) is 41.5 Å². The first-order valence-electron chi connectivity index (χ1n) is 35.6. The quantitative estimate of drug-likeness (QED) is 0.0389. The molecule has 0 atom stereocenters. The summed E-state index contributed by atoms with van der Waals surface area (Å²) in [4.78, 5) is 49.2. The van der Waals surface area contributed by atoms with Crippen LogP contribution >= 0.6 is 104 Å². The van der Waals surface area contributed by atoms with Crippen LogP contribution in [0.3, 0.4) is 0 Å². The molecular weight excluding hydrogens is 1690 g/mol. The van der Waals surface area contributed by atoms with Crippen LogP contribution in [-0.2, 0) is 18.9 Å². The van der Waals surface area contributed by atoms with E-state index in [1.54, 1.807) is 80.6 Å². The highest BCUT2D eigenvalue weighted by molar-refractivity contribution is 7.98. The molecule has 0 aliphatic carbocycles. The lowest BCUT2D eigenvalue weighted by Crippen LogP contribution is -2.07. The molecule has 0 aliphatic heterocycles. The third-order valence-corrected chi connectivity index (χ3v) is 21.2. The van der Waals surface area contributed by atoms with Crippen molar-refractivity contribution in [2.75, 3.05) is 32.5 Å². The van der Waals surface area contributed by atoms with E-state index in [-0.39, 0.29) is 63.8 Å². The monoisotopic (exact) mass is 1750 g/mol. The van der Waals surface area contributed by atoms with Crippen LogP contribution in [0.4, 0.5) is 0 Å². The Morgan fingerprint density at radius 2 is 0.703 bits per heavy atom. The number of hydrogen-bond donors (Lipinski definition) is 0. The van der Waals surface area contributed by atoms with Crippen molar-refractivity contribution in [3.8, 4) is 111 Å². The number of methoxy groups -OCH3 is 1. The Hall–Kier alpha value is -12.0.